The van der Waals surface area contributed by atoms with Gasteiger partial charge in [-0.15, -0.1) is 0 Å². The number of carbonyl (C=O) groups is 1. The monoisotopic (exact) mass is 394 g/mol. The molecule has 2 aromatic carbocycles. The van der Waals surface area contributed by atoms with Gasteiger partial charge in [-0.1, -0.05) is 23.7 Å². The smallest absolute Gasteiger partial charge is 0.248 e. The number of carbonyl (C=O) groups excluding carboxylic acids is 1. The minimum Gasteiger partial charge on any atom is -0.320 e. The zero-order valence-corrected chi connectivity index (χ0v) is 15.2. The van der Waals surface area contributed by atoms with Gasteiger partial charge in [0.05, 0.1) is 17.1 Å². The highest BCUT2D eigenvalue weighted by atomic mass is 35.5. The molecule has 0 atom stereocenters. The Hall–Kier alpha value is -2.38. The molecule has 1 saturated heterocycles. The summed E-state index contributed by atoms with van der Waals surface area (Å²) >= 11 is 5.66. The third kappa shape index (κ3) is 4.23. The first-order valence-corrected chi connectivity index (χ1v) is 9.88. The van der Waals surface area contributed by atoms with Crippen LogP contribution in [-0.4, -0.2) is 26.6 Å². The lowest BCUT2D eigenvalue weighted by atomic mass is 10.2. The summed E-state index contributed by atoms with van der Waals surface area (Å²) in [7, 11) is -3.21. The van der Waals surface area contributed by atoms with E-state index in [-0.39, 0.29) is 16.5 Å². The van der Waals surface area contributed by atoms with Gasteiger partial charge in [0.1, 0.15) is 5.82 Å². The van der Waals surface area contributed by atoms with Crippen molar-refractivity contribution in [2.45, 2.75) is 6.42 Å². The van der Waals surface area contributed by atoms with E-state index in [4.69, 9.17) is 11.6 Å². The van der Waals surface area contributed by atoms with Gasteiger partial charge in [0.15, 0.2) is 0 Å². The highest BCUT2D eigenvalue weighted by Gasteiger charge is 2.28. The minimum absolute atomic E-state index is 0.0404. The van der Waals surface area contributed by atoms with E-state index in [1.165, 1.54) is 22.5 Å². The number of anilines is 2. The van der Waals surface area contributed by atoms with Crippen molar-refractivity contribution in [1.82, 2.24) is 0 Å². The summed E-state index contributed by atoms with van der Waals surface area (Å²) in [5.41, 5.74) is 1.36. The SMILES string of the molecule is O=C(/C=C/c1ccc(N2CCCS2(=O)=O)cc1)Nc1ccc(Cl)cc1F. The van der Waals surface area contributed by atoms with E-state index >= 15 is 0 Å². The lowest BCUT2D eigenvalue weighted by molar-refractivity contribution is -0.111. The lowest BCUT2D eigenvalue weighted by Gasteiger charge is -2.16. The second kappa shape index (κ2) is 7.47. The van der Waals surface area contributed by atoms with Crippen LogP contribution in [0.25, 0.3) is 6.08 Å². The largest absolute Gasteiger partial charge is 0.320 e. The predicted octanol–water partition coefficient (Wildman–Crippen LogP) is 3.67. The molecule has 8 heteroatoms. The van der Waals surface area contributed by atoms with Crippen LogP contribution in [0.5, 0.6) is 0 Å². The van der Waals surface area contributed by atoms with Gasteiger partial charge in [-0.05, 0) is 48.4 Å². The molecule has 0 aliphatic carbocycles. The normalized spacial score (nSPS) is 16.2. The lowest BCUT2D eigenvalue weighted by Crippen LogP contribution is -2.24. The Morgan fingerprint density at radius 1 is 1.19 bits per heavy atom. The highest BCUT2D eigenvalue weighted by molar-refractivity contribution is 7.93. The van der Waals surface area contributed by atoms with E-state index in [1.807, 2.05) is 0 Å². The fourth-order valence-electron chi connectivity index (χ4n) is 2.62. The number of halogens is 2. The summed E-state index contributed by atoms with van der Waals surface area (Å²) in [6, 6.07) is 10.8. The molecular formula is C18H16ClFN2O3S. The van der Waals surface area contributed by atoms with Crippen molar-refractivity contribution in [2.24, 2.45) is 0 Å². The van der Waals surface area contributed by atoms with Crippen LogP contribution in [0, 0.1) is 5.82 Å². The Balaban J connectivity index is 1.66. The number of hydrogen-bond donors (Lipinski definition) is 1. The Morgan fingerprint density at radius 2 is 1.92 bits per heavy atom. The number of nitrogens with one attached hydrogen (secondary N) is 1. The summed E-state index contributed by atoms with van der Waals surface area (Å²) in [4.78, 5) is 11.9. The Morgan fingerprint density at radius 3 is 2.54 bits per heavy atom. The second-order valence-electron chi connectivity index (χ2n) is 5.78. The number of rotatable bonds is 4. The molecule has 5 nitrogen and oxygen atoms in total. The van der Waals surface area contributed by atoms with Gasteiger partial charge in [-0.25, -0.2) is 12.8 Å². The molecule has 0 unspecified atom stereocenters. The van der Waals surface area contributed by atoms with Crippen molar-refractivity contribution in [3.63, 3.8) is 0 Å². The van der Waals surface area contributed by atoms with Crippen molar-refractivity contribution in [3.8, 4) is 0 Å². The van der Waals surface area contributed by atoms with Crippen molar-refractivity contribution >= 4 is 45.0 Å². The number of hydrogen-bond acceptors (Lipinski definition) is 3. The Labute approximate surface area is 156 Å². The maximum atomic E-state index is 13.7. The van der Waals surface area contributed by atoms with Gasteiger partial charge >= 0.3 is 0 Å². The molecule has 1 heterocycles. The Kier molecular flexibility index (Phi) is 5.29. The van der Waals surface area contributed by atoms with Gasteiger partial charge in [0, 0.05) is 17.6 Å². The molecule has 1 N–H and O–H groups in total. The van der Waals surface area contributed by atoms with Gasteiger partial charge in [0.25, 0.3) is 0 Å². The van der Waals surface area contributed by atoms with Crippen molar-refractivity contribution < 1.29 is 17.6 Å². The van der Waals surface area contributed by atoms with Crippen LogP contribution in [-0.2, 0) is 14.8 Å². The van der Waals surface area contributed by atoms with E-state index in [0.29, 0.717) is 18.7 Å². The topological polar surface area (TPSA) is 66.5 Å². The van der Waals surface area contributed by atoms with Gasteiger partial charge in [-0.2, -0.15) is 0 Å². The summed E-state index contributed by atoms with van der Waals surface area (Å²) in [6.45, 7) is 0.479. The van der Waals surface area contributed by atoms with Gasteiger partial charge in [0.2, 0.25) is 15.9 Å². The maximum Gasteiger partial charge on any atom is 0.248 e. The first-order chi connectivity index (χ1) is 12.3. The zero-order chi connectivity index (χ0) is 18.7. The Bertz CT molecular complexity index is 959. The van der Waals surface area contributed by atoms with Crippen molar-refractivity contribution in [3.05, 3.63) is 64.9 Å². The molecule has 26 heavy (non-hydrogen) atoms. The van der Waals surface area contributed by atoms with Crippen molar-refractivity contribution in [2.75, 3.05) is 21.9 Å². The van der Waals surface area contributed by atoms with Gasteiger partial charge in [-0.3, -0.25) is 9.10 Å². The summed E-state index contributed by atoms with van der Waals surface area (Å²) in [5.74, 6) is -0.941. The molecule has 0 radical (unpaired) electrons. The molecular weight excluding hydrogens is 379 g/mol. The van der Waals surface area contributed by atoms with E-state index in [2.05, 4.69) is 5.32 Å². The molecule has 0 spiro atoms. The number of benzene rings is 2. The zero-order valence-electron chi connectivity index (χ0n) is 13.7. The van der Waals surface area contributed by atoms with Crippen LogP contribution >= 0.6 is 11.6 Å². The van der Waals surface area contributed by atoms with Crippen LogP contribution in [0.4, 0.5) is 15.8 Å². The number of sulfonamides is 1. The fraction of sp³-hybridized carbons (Fsp3) is 0.167. The highest BCUT2D eigenvalue weighted by Crippen LogP contribution is 2.24. The quantitative estimate of drug-likeness (QED) is 0.804. The van der Waals surface area contributed by atoms with E-state index in [0.717, 1.165) is 11.6 Å². The van der Waals surface area contributed by atoms with E-state index in [1.54, 1.807) is 30.3 Å². The standard InChI is InChI=1S/C18H16ClFN2O3S/c19-14-5-8-17(16(20)12-14)21-18(23)9-4-13-2-6-15(7-3-13)22-10-1-11-26(22,24)25/h2-9,12H,1,10-11H2,(H,21,23)/b9-4+. The first kappa shape index (κ1) is 18.4. The average Bonchev–Trinajstić information content (AvgIpc) is 2.95. The van der Waals surface area contributed by atoms with Crippen LogP contribution in [0.2, 0.25) is 5.02 Å². The molecule has 1 fully saturated rings. The predicted molar refractivity (Wildman–Crippen MR) is 101 cm³/mol. The summed E-state index contributed by atoms with van der Waals surface area (Å²) < 4.78 is 38.8. The molecule has 1 amide bonds. The number of amides is 1. The molecule has 136 valence electrons. The van der Waals surface area contributed by atoms with Crippen LogP contribution < -0.4 is 9.62 Å². The average molecular weight is 395 g/mol. The molecule has 0 bridgehead atoms. The van der Waals surface area contributed by atoms with Crippen LogP contribution in [0.3, 0.4) is 0 Å². The molecule has 2 aromatic rings. The summed E-state index contributed by atoms with van der Waals surface area (Å²) in [5, 5.41) is 2.67. The first-order valence-electron chi connectivity index (χ1n) is 7.90. The van der Waals surface area contributed by atoms with E-state index in [9.17, 15) is 17.6 Å². The van der Waals surface area contributed by atoms with E-state index < -0.39 is 21.7 Å². The third-order valence-corrected chi connectivity index (χ3v) is 6.00. The van der Waals surface area contributed by atoms with Crippen LogP contribution in [0.1, 0.15) is 12.0 Å². The molecule has 1 aliphatic rings. The maximum absolute atomic E-state index is 13.7. The second-order valence-corrected chi connectivity index (χ2v) is 8.23. The molecule has 0 saturated carbocycles. The number of nitrogens with zero attached hydrogens (tertiary/aromatic N) is 1. The third-order valence-electron chi connectivity index (χ3n) is 3.90. The van der Waals surface area contributed by atoms with Gasteiger partial charge < -0.3 is 5.32 Å². The molecule has 1 aliphatic heterocycles. The molecule has 3 rings (SSSR count). The summed E-state index contributed by atoms with van der Waals surface area (Å²) in [6.07, 6.45) is 3.45. The fourth-order valence-corrected chi connectivity index (χ4v) is 4.34. The molecule has 0 aromatic heterocycles. The minimum atomic E-state index is -3.21. The van der Waals surface area contributed by atoms with Crippen LogP contribution in [0.15, 0.2) is 48.5 Å². The van der Waals surface area contributed by atoms with Crippen molar-refractivity contribution in [1.29, 1.82) is 0 Å².